The first kappa shape index (κ1) is 13.1. The van der Waals surface area contributed by atoms with E-state index in [1.807, 2.05) is 18.5 Å². The molecule has 1 aromatic carbocycles. The van der Waals surface area contributed by atoms with Crippen molar-refractivity contribution in [3.8, 4) is 11.5 Å². The standard InChI is InChI=1S/C13H13IN2O2/c1-17-12-5-9(4-11(14)13(12)18-2)3-10-6-15-8-16-7-10/h4-8H,3H2,1-2H3. The molecule has 0 bridgehead atoms. The fourth-order valence-electron chi connectivity index (χ4n) is 1.73. The third-order valence-corrected chi connectivity index (χ3v) is 3.32. The van der Waals surface area contributed by atoms with Gasteiger partial charge in [-0.05, 0) is 45.9 Å². The number of aromatic nitrogens is 2. The molecule has 0 spiro atoms. The summed E-state index contributed by atoms with van der Waals surface area (Å²) in [5.74, 6) is 1.52. The van der Waals surface area contributed by atoms with Gasteiger partial charge < -0.3 is 9.47 Å². The first-order valence-electron chi connectivity index (χ1n) is 5.39. The van der Waals surface area contributed by atoms with Crippen LogP contribution in [0.3, 0.4) is 0 Å². The lowest BCUT2D eigenvalue weighted by Crippen LogP contribution is -1.97. The van der Waals surface area contributed by atoms with Crippen molar-refractivity contribution in [2.75, 3.05) is 14.2 Å². The second-order valence-corrected chi connectivity index (χ2v) is 4.90. The van der Waals surface area contributed by atoms with Gasteiger partial charge in [-0.25, -0.2) is 9.97 Å². The highest BCUT2D eigenvalue weighted by atomic mass is 127. The Morgan fingerprint density at radius 1 is 1.06 bits per heavy atom. The van der Waals surface area contributed by atoms with E-state index in [1.165, 1.54) is 6.33 Å². The van der Waals surface area contributed by atoms with Gasteiger partial charge in [0.15, 0.2) is 11.5 Å². The third-order valence-electron chi connectivity index (χ3n) is 2.52. The molecule has 0 amide bonds. The quantitative estimate of drug-likeness (QED) is 0.791. The van der Waals surface area contributed by atoms with Crippen LogP contribution in [0.1, 0.15) is 11.1 Å². The van der Waals surface area contributed by atoms with E-state index in [0.717, 1.165) is 32.6 Å². The maximum Gasteiger partial charge on any atom is 0.174 e. The van der Waals surface area contributed by atoms with Gasteiger partial charge in [0, 0.05) is 18.8 Å². The van der Waals surface area contributed by atoms with Crippen LogP contribution in [0.2, 0.25) is 0 Å². The smallest absolute Gasteiger partial charge is 0.174 e. The Morgan fingerprint density at radius 3 is 2.39 bits per heavy atom. The van der Waals surface area contributed by atoms with Gasteiger partial charge in [0.2, 0.25) is 0 Å². The number of methoxy groups -OCH3 is 2. The highest BCUT2D eigenvalue weighted by Gasteiger charge is 2.10. The van der Waals surface area contributed by atoms with Gasteiger partial charge in [0.05, 0.1) is 17.8 Å². The molecule has 4 nitrogen and oxygen atoms in total. The average molecular weight is 356 g/mol. The molecule has 1 aromatic heterocycles. The summed E-state index contributed by atoms with van der Waals surface area (Å²) < 4.78 is 11.7. The zero-order valence-corrected chi connectivity index (χ0v) is 12.3. The molecule has 0 N–H and O–H groups in total. The van der Waals surface area contributed by atoms with Crippen molar-refractivity contribution in [2.24, 2.45) is 0 Å². The molecule has 0 aliphatic rings. The van der Waals surface area contributed by atoms with E-state index < -0.39 is 0 Å². The Labute approximate surface area is 120 Å². The van der Waals surface area contributed by atoms with E-state index in [0.29, 0.717) is 0 Å². The third kappa shape index (κ3) is 2.90. The van der Waals surface area contributed by atoms with Crippen molar-refractivity contribution in [1.29, 1.82) is 0 Å². The molecule has 0 aliphatic heterocycles. The molecule has 0 radical (unpaired) electrons. The number of rotatable bonds is 4. The SMILES string of the molecule is COc1cc(Cc2cncnc2)cc(I)c1OC. The molecule has 2 aromatic rings. The molecule has 2 rings (SSSR count). The lowest BCUT2D eigenvalue weighted by Gasteiger charge is -2.11. The first-order valence-corrected chi connectivity index (χ1v) is 6.46. The van der Waals surface area contributed by atoms with Crippen molar-refractivity contribution < 1.29 is 9.47 Å². The monoisotopic (exact) mass is 356 g/mol. The molecule has 1 heterocycles. The van der Waals surface area contributed by atoms with Gasteiger partial charge in [-0.2, -0.15) is 0 Å². The minimum atomic E-state index is 0.747. The van der Waals surface area contributed by atoms with Crippen molar-refractivity contribution in [3.05, 3.63) is 45.6 Å². The summed E-state index contributed by atoms with van der Waals surface area (Å²) in [4.78, 5) is 8.02. The van der Waals surface area contributed by atoms with Crippen molar-refractivity contribution >= 4 is 22.6 Å². The molecule has 5 heteroatoms. The second-order valence-electron chi connectivity index (χ2n) is 3.74. The number of hydrogen-bond acceptors (Lipinski definition) is 4. The Balaban J connectivity index is 2.32. The van der Waals surface area contributed by atoms with Gasteiger partial charge in [-0.3, -0.25) is 0 Å². The van der Waals surface area contributed by atoms with Crippen LogP contribution in [0.25, 0.3) is 0 Å². The largest absolute Gasteiger partial charge is 0.493 e. The van der Waals surface area contributed by atoms with Gasteiger partial charge in [-0.15, -0.1) is 0 Å². The van der Waals surface area contributed by atoms with E-state index in [9.17, 15) is 0 Å². The van der Waals surface area contributed by atoms with Crippen LogP contribution in [0.4, 0.5) is 0 Å². The topological polar surface area (TPSA) is 44.2 Å². The van der Waals surface area contributed by atoms with Crippen LogP contribution in [0, 0.1) is 3.57 Å². The molecule has 0 saturated heterocycles. The maximum atomic E-state index is 5.33. The summed E-state index contributed by atoms with van der Waals surface area (Å²) >= 11 is 2.24. The zero-order chi connectivity index (χ0) is 13.0. The number of benzene rings is 1. The highest BCUT2D eigenvalue weighted by molar-refractivity contribution is 14.1. The lowest BCUT2D eigenvalue weighted by molar-refractivity contribution is 0.352. The Hall–Kier alpha value is -1.37. The van der Waals surface area contributed by atoms with Crippen molar-refractivity contribution in [2.45, 2.75) is 6.42 Å². The Morgan fingerprint density at radius 2 is 1.78 bits per heavy atom. The molecule has 18 heavy (non-hydrogen) atoms. The van der Waals surface area contributed by atoms with Gasteiger partial charge in [-0.1, -0.05) is 0 Å². The fourth-order valence-corrected chi connectivity index (χ4v) is 2.62. The van der Waals surface area contributed by atoms with E-state index in [4.69, 9.17) is 9.47 Å². The van der Waals surface area contributed by atoms with Crippen molar-refractivity contribution in [1.82, 2.24) is 9.97 Å². The number of halogens is 1. The molecule has 0 atom stereocenters. The molecule has 94 valence electrons. The molecule has 0 fully saturated rings. The molecular weight excluding hydrogens is 343 g/mol. The molecule has 0 aliphatic carbocycles. The molecule has 0 unspecified atom stereocenters. The summed E-state index contributed by atoms with van der Waals surface area (Å²) in [6.07, 6.45) is 5.94. The van der Waals surface area contributed by atoms with E-state index in [2.05, 4.69) is 38.6 Å². The van der Waals surface area contributed by atoms with Gasteiger partial charge >= 0.3 is 0 Å². The maximum absolute atomic E-state index is 5.33. The average Bonchev–Trinajstić information content (AvgIpc) is 2.39. The molecule has 0 saturated carbocycles. The normalized spacial score (nSPS) is 10.2. The summed E-state index contributed by atoms with van der Waals surface area (Å²) in [7, 11) is 3.29. The van der Waals surface area contributed by atoms with Crippen LogP contribution >= 0.6 is 22.6 Å². The predicted molar refractivity (Wildman–Crippen MR) is 77.1 cm³/mol. The minimum absolute atomic E-state index is 0.747. The number of ether oxygens (including phenoxy) is 2. The highest BCUT2D eigenvalue weighted by Crippen LogP contribution is 2.34. The van der Waals surface area contributed by atoms with E-state index >= 15 is 0 Å². The first-order chi connectivity index (χ1) is 8.74. The summed E-state index contributed by atoms with van der Waals surface area (Å²) in [6, 6.07) is 4.06. The van der Waals surface area contributed by atoms with Gasteiger partial charge in [0.1, 0.15) is 6.33 Å². The Bertz CT molecular complexity index is 532. The van der Waals surface area contributed by atoms with Crippen LogP contribution in [-0.4, -0.2) is 24.2 Å². The Kier molecular flexibility index (Phi) is 4.35. The summed E-state index contributed by atoms with van der Waals surface area (Å²) in [6.45, 7) is 0. The number of nitrogens with zero attached hydrogens (tertiary/aromatic N) is 2. The van der Waals surface area contributed by atoms with Gasteiger partial charge in [0.25, 0.3) is 0 Å². The van der Waals surface area contributed by atoms with E-state index in [1.54, 1.807) is 14.2 Å². The lowest BCUT2D eigenvalue weighted by atomic mass is 10.1. The number of hydrogen-bond donors (Lipinski definition) is 0. The van der Waals surface area contributed by atoms with E-state index in [-0.39, 0.29) is 0 Å². The summed E-state index contributed by atoms with van der Waals surface area (Å²) in [5, 5.41) is 0. The van der Waals surface area contributed by atoms with Crippen LogP contribution in [-0.2, 0) is 6.42 Å². The summed E-state index contributed by atoms with van der Waals surface area (Å²) in [5.41, 5.74) is 2.22. The fraction of sp³-hybridized carbons (Fsp3) is 0.231. The van der Waals surface area contributed by atoms with Crippen LogP contribution in [0.5, 0.6) is 11.5 Å². The van der Waals surface area contributed by atoms with Crippen LogP contribution in [0.15, 0.2) is 30.9 Å². The van der Waals surface area contributed by atoms with Crippen LogP contribution < -0.4 is 9.47 Å². The zero-order valence-electron chi connectivity index (χ0n) is 10.2. The second kappa shape index (κ2) is 5.99. The van der Waals surface area contributed by atoms with Crippen molar-refractivity contribution in [3.63, 3.8) is 0 Å². The predicted octanol–water partition coefficient (Wildman–Crippen LogP) is 2.69. The minimum Gasteiger partial charge on any atom is -0.493 e. The molecular formula is C13H13IN2O2.